The normalized spacial score (nSPS) is 16.5. The Morgan fingerprint density at radius 1 is 1.21 bits per heavy atom. The lowest BCUT2D eigenvalue weighted by Crippen LogP contribution is -2.47. The summed E-state index contributed by atoms with van der Waals surface area (Å²) in [7, 11) is 0. The van der Waals surface area contributed by atoms with Gasteiger partial charge in [0, 0.05) is 12.2 Å². The molecule has 0 radical (unpaired) electrons. The molecule has 5 nitrogen and oxygen atoms in total. The summed E-state index contributed by atoms with van der Waals surface area (Å²) in [6, 6.07) is 7.13. The maximum Gasteiger partial charge on any atom is 0.231 e. The summed E-state index contributed by atoms with van der Waals surface area (Å²) in [6.45, 7) is 0.387. The molecule has 102 valence electrons. The highest BCUT2D eigenvalue weighted by molar-refractivity contribution is 5.96. The molecular formula is C14H19N3O2. The van der Waals surface area contributed by atoms with Gasteiger partial charge in [-0.05, 0) is 30.5 Å². The SMILES string of the molecule is NCC1(C(=O)Nc2ccc(CC(N)=O)cc2)CCC1. The highest BCUT2D eigenvalue weighted by Gasteiger charge is 2.42. The molecule has 0 unspecified atom stereocenters. The van der Waals surface area contributed by atoms with Gasteiger partial charge in [-0.3, -0.25) is 9.59 Å². The zero-order valence-corrected chi connectivity index (χ0v) is 10.8. The highest BCUT2D eigenvalue weighted by Crippen LogP contribution is 2.40. The first-order chi connectivity index (χ1) is 9.05. The van der Waals surface area contributed by atoms with Crippen molar-refractivity contribution in [3.63, 3.8) is 0 Å². The third-order valence-electron chi connectivity index (χ3n) is 3.77. The highest BCUT2D eigenvalue weighted by atomic mass is 16.2. The molecule has 5 N–H and O–H groups in total. The maximum atomic E-state index is 12.1. The Labute approximate surface area is 112 Å². The standard InChI is InChI=1S/C14H19N3O2/c15-9-14(6-1-7-14)13(19)17-11-4-2-10(3-5-11)8-12(16)18/h2-5H,1,6-9,15H2,(H2,16,18)(H,17,19). The zero-order valence-electron chi connectivity index (χ0n) is 10.8. The van der Waals surface area contributed by atoms with Crippen molar-refractivity contribution in [3.05, 3.63) is 29.8 Å². The van der Waals surface area contributed by atoms with Crippen molar-refractivity contribution in [1.82, 2.24) is 0 Å². The van der Waals surface area contributed by atoms with E-state index in [0.29, 0.717) is 6.54 Å². The summed E-state index contributed by atoms with van der Waals surface area (Å²) in [5, 5.41) is 2.88. The van der Waals surface area contributed by atoms with Gasteiger partial charge in [0.05, 0.1) is 11.8 Å². The first-order valence-electron chi connectivity index (χ1n) is 6.44. The molecule has 1 aliphatic carbocycles. The van der Waals surface area contributed by atoms with Crippen LogP contribution in [0, 0.1) is 5.41 Å². The number of hydrogen-bond acceptors (Lipinski definition) is 3. The Kier molecular flexibility index (Phi) is 3.85. The van der Waals surface area contributed by atoms with Crippen LogP contribution in [-0.4, -0.2) is 18.4 Å². The number of benzene rings is 1. The summed E-state index contributed by atoms with van der Waals surface area (Å²) in [6.07, 6.45) is 2.98. The molecule has 2 amide bonds. The number of primary amides is 1. The van der Waals surface area contributed by atoms with Crippen LogP contribution < -0.4 is 16.8 Å². The fourth-order valence-corrected chi connectivity index (χ4v) is 2.30. The van der Waals surface area contributed by atoms with Gasteiger partial charge in [-0.15, -0.1) is 0 Å². The molecule has 0 aliphatic heterocycles. The molecule has 0 saturated heterocycles. The Morgan fingerprint density at radius 3 is 2.26 bits per heavy atom. The summed E-state index contributed by atoms with van der Waals surface area (Å²) < 4.78 is 0. The van der Waals surface area contributed by atoms with Crippen LogP contribution >= 0.6 is 0 Å². The van der Waals surface area contributed by atoms with Crippen molar-refractivity contribution in [2.24, 2.45) is 16.9 Å². The molecule has 1 fully saturated rings. The number of nitrogens with one attached hydrogen (secondary N) is 1. The van der Waals surface area contributed by atoms with Crippen LogP contribution in [-0.2, 0) is 16.0 Å². The van der Waals surface area contributed by atoms with Crippen LogP contribution in [0.3, 0.4) is 0 Å². The van der Waals surface area contributed by atoms with Crippen LogP contribution in [0.25, 0.3) is 0 Å². The first-order valence-corrected chi connectivity index (χ1v) is 6.44. The molecule has 2 rings (SSSR count). The van der Waals surface area contributed by atoms with Crippen LogP contribution in [0.5, 0.6) is 0 Å². The van der Waals surface area contributed by atoms with Gasteiger partial charge in [-0.1, -0.05) is 18.6 Å². The Hall–Kier alpha value is -1.88. The molecule has 0 atom stereocenters. The lowest BCUT2D eigenvalue weighted by atomic mass is 9.68. The van der Waals surface area contributed by atoms with Crippen molar-refractivity contribution >= 4 is 17.5 Å². The van der Waals surface area contributed by atoms with Crippen molar-refractivity contribution in [1.29, 1.82) is 0 Å². The minimum absolute atomic E-state index is 0.0103. The first kappa shape index (κ1) is 13.5. The number of carbonyl (C=O) groups is 2. The smallest absolute Gasteiger partial charge is 0.231 e. The number of rotatable bonds is 5. The molecule has 1 saturated carbocycles. The molecule has 19 heavy (non-hydrogen) atoms. The zero-order chi connectivity index (χ0) is 13.9. The molecule has 0 spiro atoms. The number of nitrogens with two attached hydrogens (primary N) is 2. The summed E-state index contributed by atoms with van der Waals surface area (Å²) in [5.74, 6) is -0.378. The minimum Gasteiger partial charge on any atom is -0.369 e. The monoisotopic (exact) mass is 261 g/mol. The Balaban J connectivity index is 1.99. The summed E-state index contributed by atoms with van der Waals surface area (Å²) in [5.41, 5.74) is 12.0. The van der Waals surface area contributed by atoms with Gasteiger partial charge in [0.1, 0.15) is 0 Å². The third-order valence-corrected chi connectivity index (χ3v) is 3.77. The lowest BCUT2D eigenvalue weighted by Gasteiger charge is -2.39. The fraction of sp³-hybridized carbons (Fsp3) is 0.429. The van der Waals surface area contributed by atoms with E-state index in [0.717, 1.165) is 30.5 Å². The van der Waals surface area contributed by atoms with Crippen LogP contribution in [0.1, 0.15) is 24.8 Å². The molecule has 0 aromatic heterocycles. The van der Waals surface area contributed by atoms with E-state index in [1.807, 2.05) is 0 Å². The second-order valence-corrected chi connectivity index (χ2v) is 5.13. The summed E-state index contributed by atoms with van der Waals surface area (Å²) in [4.78, 5) is 22.9. The van der Waals surface area contributed by atoms with E-state index >= 15 is 0 Å². The topological polar surface area (TPSA) is 98.2 Å². The average molecular weight is 261 g/mol. The maximum absolute atomic E-state index is 12.1. The molecule has 1 aliphatic rings. The van der Waals surface area contributed by atoms with Gasteiger partial charge in [-0.25, -0.2) is 0 Å². The minimum atomic E-state index is -0.383. The number of amides is 2. The van der Waals surface area contributed by atoms with E-state index in [1.54, 1.807) is 24.3 Å². The quantitative estimate of drug-likeness (QED) is 0.730. The van der Waals surface area contributed by atoms with E-state index in [4.69, 9.17) is 11.5 Å². The van der Waals surface area contributed by atoms with Gasteiger partial charge in [0.25, 0.3) is 0 Å². The Morgan fingerprint density at radius 2 is 1.84 bits per heavy atom. The lowest BCUT2D eigenvalue weighted by molar-refractivity contribution is -0.129. The molecular weight excluding hydrogens is 242 g/mol. The van der Waals surface area contributed by atoms with E-state index in [-0.39, 0.29) is 23.7 Å². The van der Waals surface area contributed by atoms with Crippen molar-refractivity contribution in [2.45, 2.75) is 25.7 Å². The van der Waals surface area contributed by atoms with Crippen molar-refractivity contribution in [3.8, 4) is 0 Å². The molecule has 0 heterocycles. The largest absolute Gasteiger partial charge is 0.369 e. The van der Waals surface area contributed by atoms with Gasteiger partial charge < -0.3 is 16.8 Å². The average Bonchev–Trinajstić information content (AvgIpc) is 2.30. The van der Waals surface area contributed by atoms with E-state index in [1.165, 1.54) is 0 Å². The number of hydrogen-bond donors (Lipinski definition) is 3. The predicted octanol–water partition coefficient (Wildman–Crippen LogP) is 0.782. The van der Waals surface area contributed by atoms with Crippen LogP contribution in [0.15, 0.2) is 24.3 Å². The molecule has 1 aromatic rings. The second-order valence-electron chi connectivity index (χ2n) is 5.13. The van der Waals surface area contributed by atoms with E-state index in [2.05, 4.69) is 5.32 Å². The Bertz CT molecular complexity index is 472. The van der Waals surface area contributed by atoms with Gasteiger partial charge in [-0.2, -0.15) is 0 Å². The van der Waals surface area contributed by atoms with Gasteiger partial charge in [0.2, 0.25) is 11.8 Å². The van der Waals surface area contributed by atoms with Crippen LogP contribution in [0.4, 0.5) is 5.69 Å². The fourth-order valence-electron chi connectivity index (χ4n) is 2.30. The van der Waals surface area contributed by atoms with Crippen LogP contribution in [0.2, 0.25) is 0 Å². The van der Waals surface area contributed by atoms with Gasteiger partial charge >= 0.3 is 0 Å². The molecule has 0 bridgehead atoms. The van der Waals surface area contributed by atoms with Crippen molar-refractivity contribution < 1.29 is 9.59 Å². The third kappa shape index (κ3) is 2.93. The van der Waals surface area contributed by atoms with Crippen molar-refractivity contribution in [2.75, 3.05) is 11.9 Å². The summed E-state index contributed by atoms with van der Waals surface area (Å²) >= 11 is 0. The molecule has 5 heteroatoms. The number of carbonyl (C=O) groups excluding carboxylic acids is 2. The van der Waals surface area contributed by atoms with E-state index < -0.39 is 0 Å². The van der Waals surface area contributed by atoms with E-state index in [9.17, 15) is 9.59 Å². The van der Waals surface area contributed by atoms with Gasteiger partial charge in [0.15, 0.2) is 0 Å². The predicted molar refractivity (Wildman–Crippen MR) is 73.3 cm³/mol. The molecule has 1 aromatic carbocycles. The number of anilines is 1. The second kappa shape index (κ2) is 5.40.